The first kappa shape index (κ1) is 13.5. The van der Waals surface area contributed by atoms with E-state index < -0.39 is 11.6 Å². The third-order valence-electron chi connectivity index (χ3n) is 2.33. The molecule has 1 atom stereocenters. The smallest absolute Gasteiger partial charge is 0.140 e. The van der Waals surface area contributed by atoms with Crippen LogP contribution < -0.4 is 5.32 Å². The van der Waals surface area contributed by atoms with Gasteiger partial charge in [-0.2, -0.15) is 0 Å². The molecule has 1 aromatic rings. The van der Waals surface area contributed by atoms with Gasteiger partial charge in [0.1, 0.15) is 11.6 Å². The summed E-state index contributed by atoms with van der Waals surface area (Å²) in [6, 6.07) is 2.79. The first-order valence-corrected chi connectivity index (χ1v) is 6.25. The molecule has 0 aliphatic heterocycles. The van der Waals surface area contributed by atoms with E-state index in [2.05, 4.69) is 5.32 Å². The van der Waals surface area contributed by atoms with Gasteiger partial charge in [-0.1, -0.05) is 13.8 Å². The van der Waals surface area contributed by atoms with Gasteiger partial charge in [0.2, 0.25) is 0 Å². The van der Waals surface area contributed by atoms with E-state index >= 15 is 0 Å². The van der Waals surface area contributed by atoms with Gasteiger partial charge in [-0.25, -0.2) is 8.78 Å². The Morgan fingerprint density at radius 2 is 1.88 bits per heavy atom. The molecule has 1 rings (SSSR count). The number of hydrogen-bond acceptors (Lipinski definition) is 2. The molecule has 1 aromatic carbocycles. The molecular weight excluding hydrogens is 228 g/mol. The molecule has 0 saturated heterocycles. The van der Waals surface area contributed by atoms with Gasteiger partial charge in [0, 0.05) is 11.8 Å². The number of thioether (sulfide) groups is 1. The topological polar surface area (TPSA) is 12.0 Å². The van der Waals surface area contributed by atoms with Crippen LogP contribution in [0.3, 0.4) is 0 Å². The van der Waals surface area contributed by atoms with E-state index in [-0.39, 0.29) is 10.1 Å². The zero-order chi connectivity index (χ0) is 12.1. The lowest BCUT2D eigenvalue weighted by Crippen LogP contribution is -2.06. The molecule has 0 spiro atoms. The van der Waals surface area contributed by atoms with Crippen molar-refractivity contribution in [1.29, 1.82) is 0 Å². The monoisotopic (exact) mass is 245 g/mol. The van der Waals surface area contributed by atoms with Crippen molar-refractivity contribution in [3.8, 4) is 0 Å². The first-order chi connectivity index (χ1) is 7.58. The molecule has 0 amide bonds. The van der Waals surface area contributed by atoms with Crippen LogP contribution >= 0.6 is 11.8 Å². The maximum Gasteiger partial charge on any atom is 0.140 e. The highest BCUT2D eigenvalue weighted by Gasteiger charge is 2.14. The van der Waals surface area contributed by atoms with Crippen LogP contribution in [-0.4, -0.2) is 12.3 Å². The van der Waals surface area contributed by atoms with Gasteiger partial charge in [-0.3, -0.25) is 0 Å². The summed E-state index contributed by atoms with van der Waals surface area (Å²) >= 11 is 1.25. The molecule has 0 aliphatic rings. The van der Waals surface area contributed by atoms with Crippen molar-refractivity contribution < 1.29 is 8.78 Å². The van der Waals surface area contributed by atoms with E-state index in [1.54, 1.807) is 7.05 Å². The van der Waals surface area contributed by atoms with Crippen LogP contribution in [-0.2, 0) is 6.54 Å². The summed E-state index contributed by atoms with van der Waals surface area (Å²) in [5, 5.41) is 3.09. The van der Waals surface area contributed by atoms with Crippen molar-refractivity contribution in [1.82, 2.24) is 5.32 Å². The zero-order valence-corrected chi connectivity index (χ0v) is 10.6. The van der Waals surface area contributed by atoms with Crippen molar-refractivity contribution in [2.75, 3.05) is 7.05 Å². The predicted octanol–water partition coefficient (Wildman–Crippen LogP) is 3.57. The lowest BCUT2D eigenvalue weighted by molar-refractivity contribution is 0.535. The molecule has 0 aliphatic carbocycles. The number of hydrogen-bond donors (Lipinski definition) is 1. The second kappa shape index (κ2) is 6.21. The lowest BCUT2D eigenvalue weighted by atomic mass is 10.2. The average Bonchev–Trinajstić information content (AvgIpc) is 2.23. The Morgan fingerprint density at radius 1 is 1.31 bits per heavy atom. The molecule has 0 saturated carbocycles. The summed E-state index contributed by atoms with van der Waals surface area (Å²) in [6.45, 7) is 4.44. The van der Waals surface area contributed by atoms with Gasteiger partial charge in [0.15, 0.2) is 0 Å². The van der Waals surface area contributed by atoms with E-state index in [1.165, 1.54) is 23.9 Å². The number of halogens is 2. The Balaban J connectivity index is 2.93. The van der Waals surface area contributed by atoms with Crippen LogP contribution in [0.2, 0.25) is 0 Å². The third-order valence-corrected chi connectivity index (χ3v) is 3.69. The van der Waals surface area contributed by atoms with Gasteiger partial charge >= 0.3 is 0 Å². The minimum absolute atomic E-state index is 0.134. The summed E-state index contributed by atoms with van der Waals surface area (Å²) in [7, 11) is 1.75. The lowest BCUT2D eigenvalue weighted by Gasteiger charge is -2.11. The van der Waals surface area contributed by atoms with Gasteiger partial charge in [-0.05, 0) is 31.2 Å². The molecule has 1 N–H and O–H groups in total. The molecule has 90 valence electrons. The predicted molar refractivity (Wildman–Crippen MR) is 64.7 cm³/mol. The van der Waals surface area contributed by atoms with Crippen LogP contribution in [0.25, 0.3) is 0 Å². The Morgan fingerprint density at radius 3 is 2.31 bits per heavy atom. The Labute approximate surface area is 99.6 Å². The SMILES string of the molecule is CCC(C)Sc1c(F)cc(CNC)cc1F. The molecule has 0 fully saturated rings. The molecule has 0 heterocycles. The third kappa shape index (κ3) is 3.46. The largest absolute Gasteiger partial charge is 0.316 e. The van der Waals surface area contributed by atoms with E-state index in [4.69, 9.17) is 0 Å². The fraction of sp³-hybridized carbons (Fsp3) is 0.500. The molecular formula is C12H17F2NS. The van der Waals surface area contributed by atoms with E-state index in [9.17, 15) is 8.78 Å². The average molecular weight is 245 g/mol. The van der Waals surface area contributed by atoms with Crippen molar-refractivity contribution in [3.05, 3.63) is 29.3 Å². The zero-order valence-electron chi connectivity index (χ0n) is 9.81. The highest BCUT2D eigenvalue weighted by Crippen LogP contribution is 2.30. The van der Waals surface area contributed by atoms with E-state index in [0.717, 1.165) is 6.42 Å². The van der Waals surface area contributed by atoms with Crippen molar-refractivity contribution in [3.63, 3.8) is 0 Å². The standard InChI is InChI=1S/C12H17F2NS/c1-4-8(2)16-12-10(13)5-9(7-15-3)6-11(12)14/h5-6,8,15H,4,7H2,1-3H3. The quantitative estimate of drug-likeness (QED) is 0.796. The molecule has 0 radical (unpaired) electrons. The number of rotatable bonds is 5. The van der Waals surface area contributed by atoms with E-state index in [0.29, 0.717) is 12.1 Å². The van der Waals surface area contributed by atoms with E-state index in [1.807, 2.05) is 13.8 Å². The molecule has 0 bridgehead atoms. The normalized spacial score (nSPS) is 12.8. The van der Waals surface area contributed by atoms with Crippen LogP contribution in [0.5, 0.6) is 0 Å². The maximum absolute atomic E-state index is 13.6. The first-order valence-electron chi connectivity index (χ1n) is 5.37. The van der Waals surface area contributed by atoms with Crippen molar-refractivity contribution >= 4 is 11.8 Å². The van der Waals surface area contributed by atoms with Crippen molar-refractivity contribution in [2.45, 2.75) is 37.0 Å². The minimum atomic E-state index is -0.462. The Hall–Kier alpha value is -0.610. The van der Waals surface area contributed by atoms with Crippen LogP contribution in [0.1, 0.15) is 25.8 Å². The summed E-state index contributed by atoms with van der Waals surface area (Å²) < 4.78 is 27.3. The van der Waals surface area contributed by atoms with Crippen molar-refractivity contribution in [2.24, 2.45) is 0 Å². The summed E-state index contributed by atoms with van der Waals surface area (Å²) in [5.74, 6) is -0.925. The molecule has 4 heteroatoms. The Bertz CT molecular complexity index is 332. The summed E-state index contributed by atoms with van der Waals surface area (Å²) in [6.07, 6.45) is 0.891. The number of nitrogens with one attached hydrogen (secondary N) is 1. The molecule has 0 aromatic heterocycles. The van der Waals surface area contributed by atoms with Gasteiger partial charge in [-0.15, -0.1) is 11.8 Å². The van der Waals surface area contributed by atoms with Gasteiger partial charge in [0.25, 0.3) is 0 Å². The molecule has 1 nitrogen and oxygen atoms in total. The molecule has 16 heavy (non-hydrogen) atoms. The van der Waals surface area contributed by atoms with Crippen LogP contribution in [0, 0.1) is 11.6 Å². The fourth-order valence-electron chi connectivity index (χ4n) is 1.32. The van der Waals surface area contributed by atoms with Crippen LogP contribution in [0.15, 0.2) is 17.0 Å². The second-order valence-electron chi connectivity index (χ2n) is 3.76. The molecule has 1 unspecified atom stereocenters. The van der Waals surface area contributed by atoms with Gasteiger partial charge in [0.05, 0.1) is 4.90 Å². The summed E-state index contributed by atoms with van der Waals surface area (Å²) in [5.41, 5.74) is 0.631. The maximum atomic E-state index is 13.6. The number of benzene rings is 1. The summed E-state index contributed by atoms with van der Waals surface area (Å²) in [4.78, 5) is 0.134. The van der Waals surface area contributed by atoms with Crippen LogP contribution in [0.4, 0.5) is 8.78 Å². The Kier molecular flexibility index (Phi) is 5.22. The second-order valence-corrected chi connectivity index (χ2v) is 5.20. The van der Waals surface area contributed by atoms with Gasteiger partial charge < -0.3 is 5.32 Å². The highest BCUT2D eigenvalue weighted by atomic mass is 32.2. The highest BCUT2D eigenvalue weighted by molar-refractivity contribution is 8.00. The fourth-order valence-corrected chi connectivity index (χ4v) is 2.23. The minimum Gasteiger partial charge on any atom is -0.316 e.